The topological polar surface area (TPSA) is 55.1 Å². The number of halogens is 1. The van der Waals surface area contributed by atoms with Gasteiger partial charge in [-0.25, -0.2) is 9.48 Å². The van der Waals surface area contributed by atoms with Crippen LogP contribution in [0.5, 0.6) is 0 Å². The van der Waals surface area contributed by atoms with Crippen LogP contribution in [-0.4, -0.2) is 20.9 Å². The quantitative estimate of drug-likeness (QED) is 0.924. The summed E-state index contributed by atoms with van der Waals surface area (Å²) in [5.74, 6) is -0.950. The zero-order valence-electron chi connectivity index (χ0n) is 7.77. The minimum Gasteiger partial charge on any atom is -0.478 e. The fraction of sp³-hybridized carbons (Fsp3) is 0.111. The van der Waals surface area contributed by atoms with Gasteiger partial charge in [-0.15, -0.1) is 11.3 Å². The van der Waals surface area contributed by atoms with Crippen LogP contribution in [0.2, 0.25) is 0 Å². The van der Waals surface area contributed by atoms with Gasteiger partial charge in [0.1, 0.15) is 10.6 Å². The molecule has 2 aromatic heterocycles. The van der Waals surface area contributed by atoms with E-state index in [9.17, 15) is 4.79 Å². The summed E-state index contributed by atoms with van der Waals surface area (Å²) in [6.45, 7) is 1.74. The van der Waals surface area contributed by atoms with Crippen LogP contribution in [-0.2, 0) is 0 Å². The molecular weight excluding hydrogens is 280 g/mol. The first kappa shape index (κ1) is 10.4. The van der Waals surface area contributed by atoms with Gasteiger partial charge in [0.2, 0.25) is 0 Å². The van der Waals surface area contributed by atoms with Crippen molar-refractivity contribution < 1.29 is 9.90 Å². The number of aromatic carboxylic acids is 1. The van der Waals surface area contributed by atoms with Crippen LogP contribution in [0, 0.1) is 6.92 Å². The minimum atomic E-state index is -0.950. The van der Waals surface area contributed by atoms with Gasteiger partial charge in [0.05, 0.1) is 15.7 Å². The lowest BCUT2D eigenvalue weighted by Crippen LogP contribution is -2.00. The van der Waals surface area contributed by atoms with E-state index >= 15 is 0 Å². The maximum Gasteiger partial charge on any atom is 0.339 e. The van der Waals surface area contributed by atoms with Crippen molar-refractivity contribution in [1.29, 1.82) is 0 Å². The highest BCUT2D eigenvalue weighted by Crippen LogP contribution is 2.26. The Morgan fingerprint density at radius 3 is 2.80 bits per heavy atom. The van der Waals surface area contributed by atoms with E-state index in [4.69, 9.17) is 5.11 Å². The van der Waals surface area contributed by atoms with Crippen molar-refractivity contribution in [2.45, 2.75) is 6.92 Å². The molecule has 2 aromatic rings. The smallest absolute Gasteiger partial charge is 0.339 e. The molecule has 0 spiro atoms. The number of hydrogen-bond acceptors (Lipinski definition) is 3. The van der Waals surface area contributed by atoms with Crippen LogP contribution in [0.4, 0.5) is 0 Å². The first-order valence-corrected chi connectivity index (χ1v) is 5.74. The highest BCUT2D eigenvalue weighted by atomic mass is 79.9. The molecule has 1 N–H and O–H groups in total. The Kier molecular flexibility index (Phi) is 2.62. The van der Waals surface area contributed by atoms with E-state index in [0.29, 0.717) is 5.69 Å². The standard InChI is InChI=1S/C9H7BrN2O2S/c1-5-6(9(13)14)4-11-12(5)8-3-2-7(10)15-8/h2-4H,1H3,(H,13,14). The van der Waals surface area contributed by atoms with Gasteiger partial charge in [-0.05, 0) is 35.0 Å². The molecule has 15 heavy (non-hydrogen) atoms. The van der Waals surface area contributed by atoms with E-state index in [1.807, 2.05) is 12.1 Å². The van der Waals surface area contributed by atoms with E-state index in [0.717, 1.165) is 8.79 Å². The Morgan fingerprint density at radius 2 is 2.33 bits per heavy atom. The molecule has 0 aromatic carbocycles. The summed E-state index contributed by atoms with van der Waals surface area (Å²) >= 11 is 4.86. The largest absolute Gasteiger partial charge is 0.478 e. The van der Waals surface area contributed by atoms with Crippen molar-refractivity contribution in [2.24, 2.45) is 0 Å². The molecule has 0 saturated carbocycles. The molecule has 4 nitrogen and oxygen atoms in total. The summed E-state index contributed by atoms with van der Waals surface area (Å²) < 4.78 is 2.61. The molecule has 6 heteroatoms. The third-order valence-corrected chi connectivity index (χ3v) is 3.61. The molecule has 0 radical (unpaired) electrons. The third kappa shape index (κ3) is 1.82. The molecule has 0 aliphatic carbocycles. The first-order valence-electron chi connectivity index (χ1n) is 4.13. The van der Waals surface area contributed by atoms with Crippen molar-refractivity contribution in [2.75, 3.05) is 0 Å². The average molecular weight is 287 g/mol. The van der Waals surface area contributed by atoms with Gasteiger partial charge < -0.3 is 5.11 Å². The lowest BCUT2D eigenvalue weighted by molar-refractivity contribution is 0.0696. The summed E-state index contributed by atoms with van der Waals surface area (Å²) in [7, 11) is 0. The fourth-order valence-electron chi connectivity index (χ4n) is 1.26. The van der Waals surface area contributed by atoms with E-state index in [1.165, 1.54) is 17.5 Å². The number of thiophene rings is 1. The van der Waals surface area contributed by atoms with Crippen molar-refractivity contribution in [3.8, 4) is 5.00 Å². The number of carboxylic acid groups (broad SMARTS) is 1. The molecule has 2 rings (SSSR count). The Labute approximate surface area is 98.3 Å². The van der Waals surface area contributed by atoms with Gasteiger partial charge in [-0.2, -0.15) is 5.10 Å². The van der Waals surface area contributed by atoms with E-state index in [2.05, 4.69) is 21.0 Å². The molecule has 0 aliphatic rings. The number of hydrogen-bond donors (Lipinski definition) is 1. The highest BCUT2D eigenvalue weighted by molar-refractivity contribution is 9.11. The SMILES string of the molecule is Cc1c(C(=O)O)cnn1-c1ccc(Br)s1. The van der Waals surface area contributed by atoms with Crippen molar-refractivity contribution in [1.82, 2.24) is 9.78 Å². The highest BCUT2D eigenvalue weighted by Gasteiger charge is 2.14. The predicted molar refractivity (Wildman–Crippen MR) is 60.8 cm³/mol. The van der Waals surface area contributed by atoms with Crippen molar-refractivity contribution in [3.05, 3.63) is 33.4 Å². The lowest BCUT2D eigenvalue weighted by atomic mass is 10.3. The molecule has 0 aliphatic heterocycles. The van der Waals surface area contributed by atoms with Gasteiger partial charge in [0, 0.05) is 0 Å². The molecule has 0 fully saturated rings. The van der Waals surface area contributed by atoms with E-state index in [-0.39, 0.29) is 5.56 Å². The fourth-order valence-corrected chi connectivity index (χ4v) is 2.63. The number of carbonyl (C=O) groups is 1. The second kappa shape index (κ2) is 3.79. The molecule has 0 amide bonds. The zero-order chi connectivity index (χ0) is 11.0. The summed E-state index contributed by atoms with van der Waals surface area (Å²) in [5, 5.41) is 13.8. The monoisotopic (exact) mass is 286 g/mol. The van der Waals surface area contributed by atoms with Gasteiger partial charge >= 0.3 is 5.97 Å². The summed E-state index contributed by atoms with van der Waals surface area (Å²) in [6.07, 6.45) is 1.37. The number of nitrogens with zero attached hydrogens (tertiary/aromatic N) is 2. The van der Waals surface area contributed by atoms with Crippen LogP contribution in [0.15, 0.2) is 22.1 Å². The molecule has 0 unspecified atom stereocenters. The van der Waals surface area contributed by atoms with Crippen molar-refractivity contribution >= 4 is 33.2 Å². The maximum atomic E-state index is 10.8. The minimum absolute atomic E-state index is 0.236. The summed E-state index contributed by atoms with van der Waals surface area (Å²) in [6, 6.07) is 3.79. The Bertz CT molecular complexity index is 518. The first-order chi connectivity index (χ1) is 7.09. The normalized spacial score (nSPS) is 10.5. The van der Waals surface area contributed by atoms with E-state index < -0.39 is 5.97 Å². The van der Waals surface area contributed by atoms with Crippen molar-refractivity contribution in [3.63, 3.8) is 0 Å². The van der Waals surface area contributed by atoms with Gasteiger partial charge in [-0.1, -0.05) is 0 Å². The van der Waals surface area contributed by atoms with Crippen LogP contribution in [0.1, 0.15) is 16.1 Å². The predicted octanol–water partition coefficient (Wildman–Crippen LogP) is 2.70. The van der Waals surface area contributed by atoms with E-state index in [1.54, 1.807) is 11.6 Å². The van der Waals surface area contributed by atoms with Gasteiger partial charge in [-0.3, -0.25) is 0 Å². The average Bonchev–Trinajstić information content (AvgIpc) is 2.71. The molecule has 0 bridgehead atoms. The summed E-state index contributed by atoms with van der Waals surface area (Å²) in [5.41, 5.74) is 0.872. The number of rotatable bonds is 2. The molecule has 0 saturated heterocycles. The van der Waals surface area contributed by atoms with Crippen LogP contribution in [0.25, 0.3) is 5.00 Å². The Morgan fingerprint density at radius 1 is 1.60 bits per heavy atom. The van der Waals surface area contributed by atoms with Crippen LogP contribution in [0.3, 0.4) is 0 Å². The maximum absolute atomic E-state index is 10.8. The van der Waals surface area contributed by atoms with Crippen LogP contribution >= 0.6 is 27.3 Å². The second-order valence-electron chi connectivity index (χ2n) is 2.94. The van der Waals surface area contributed by atoms with Gasteiger partial charge in [0.15, 0.2) is 0 Å². The molecule has 0 atom stereocenters. The zero-order valence-corrected chi connectivity index (χ0v) is 10.2. The van der Waals surface area contributed by atoms with Crippen LogP contribution < -0.4 is 0 Å². The Hall–Kier alpha value is -1.14. The number of carboxylic acids is 1. The lowest BCUT2D eigenvalue weighted by Gasteiger charge is -1.99. The molecular formula is C9H7BrN2O2S. The van der Waals surface area contributed by atoms with Gasteiger partial charge in [0.25, 0.3) is 0 Å². The molecule has 2 heterocycles. The molecule has 78 valence electrons. The Balaban J connectivity index is 2.50. The summed E-state index contributed by atoms with van der Waals surface area (Å²) in [4.78, 5) is 10.8. The number of aromatic nitrogens is 2. The third-order valence-electron chi connectivity index (χ3n) is 2.01. The second-order valence-corrected chi connectivity index (χ2v) is 5.38.